The number of hydroxylamine groups is 1. The van der Waals surface area contributed by atoms with Crippen LogP contribution in [0.1, 0.15) is 56.6 Å². The van der Waals surface area contributed by atoms with Gasteiger partial charge >= 0.3 is 0 Å². The number of amides is 1. The van der Waals surface area contributed by atoms with Crippen molar-refractivity contribution in [2.75, 3.05) is 0 Å². The Kier molecular flexibility index (Phi) is 5.36. The molecule has 3 heteroatoms. The van der Waals surface area contributed by atoms with Crippen LogP contribution < -0.4 is 5.48 Å². The fraction of sp³-hybridized carbons (Fsp3) is 0.471. The average Bonchev–Trinajstić information content (AvgIpc) is 2.96. The number of hydrogen-bond donors (Lipinski definition) is 1. The van der Waals surface area contributed by atoms with Crippen molar-refractivity contribution in [1.29, 1.82) is 0 Å². The lowest BCUT2D eigenvalue weighted by Crippen LogP contribution is -2.26. The van der Waals surface area contributed by atoms with Crippen molar-refractivity contribution >= 4 is 12.0 Å². The highest BCUT2D eigenvalue weighted by Crippen LogP contribution is 2.19. The molecule has 3 nitrogen and oxygen atoms in total. The molecule has 0 spiro atoms. The van der Waals surface area contributed by atoms with Gasteiger partial charge in [-0.3, -0.25) is 9.63 Å². The average molecular weight is 273 g/mol. The van der Waals surface area contributed by atoms with Crippen molar-refractivity contribution in [3.63, 3.8) is 0 Å². The summed E-state index contributed by atoms with van der Waals surface area (Å²) in [6, 6.07) is 8.24. The molecule has 2 rings (SSSR count). The second kappa shape index (κ2) is 7.25. The van der Waals surface area contributed by atoms with Crippen LogP contribution in [0.5, 0.6) is 0 Å². The van der Waals surface area contributed by atoms with E-state index in [0.717, 1.165) is 18.4 Å². The van der Waals surface area contributed by atoms with Crippen LogP contribution in [0, 0.1) is 0 Å². The van der Waals surface area contributed by atoms with Gasteiger partial charge in [-0.25, -0.2) is 5.48 Å². The van der Waals surface area contributed by atoms with E-state index < -0.39 is 0 Å². The van der Waals surface area contributed by atoms with E-state index >= 15 is 0 Å². The molecule has 0 heterocycles. The van der Waals surface area contributed by atoms with Crippen LogP contribution in [0.4, 0.5) is 0 Å². The lowest BCUT2D eigenvalue weighted by Gasteiger charge is -2.09. The standard InChI is InChI=1S/C17H23NO2/c1-13(2)15-10-7-14(8-11-15)9-12-17(19)18-20-16-5-3-4-6-16/h7-13,16H,3-6H2,1-2H3,(H,18,19)/b12-9+. The summed E-state index contributed by atoms with van der Waals surface area (Å²) in [7, 11) is 0. The molecule has 0 radical (unpaired) electrons. The van der Waals surface area contributed by atoms with Crippen LogP contribution in [0.2, 0.25) is 0 Å². The maximum atomic E-state index is 11.6. The molecular weight excluding hydrogens is 250 g/mol. The Morgan fingerprint density at radius 3 is 2.50 bits per heavy atom. The molecular formula is C17H23NO2. The fourth-order valence-electron chi connectivity index (χ4n) is 2.35. The summed E-state index contributed by atoms with van der Waals surface area (Å²) in [4.78, 5) is 17.0. The Labute approximate surface area is 121 Å². The first-order valence-corrected chi connectivity index (χ1v) is 7.39. The third-order valence-corrected chi connectivity index (χ3v) is 3.66. The number of carbonyl (C=O) groups excluding carboxylic acids is 1. The predicted molar refractivity (Wildman–Crippen MR) is 81.0 cm³/mol. The lowest BCUT2D eigenvalue weighted by atomic mass is 10.0. The van der Waals surface area contributed by atoms with Gasteiger partial charge in [-0.2, -0.15) is 0 Å². The van der Waals surface area contributed by atoms with Gasteiger partial charge in [-0.15, -0.1) is 0 Å². The third kappa shape index (κ3) is 4.49. The van der Waals surface area contributed by atoms with Crippen LogP contribution in [0.15, 0.2) is 30.3 Å². The number of nitrogens with one attached hydrogen (secondary N) is 1. The van der Waals surface area contributed by atoms with Gasteiger partial charge in [0.2, 0.25) is 0 Å². The highest BCUT2D eigenvalue weighted by atomic mass is 16.7. The zero-order valence-corrected chi connectivity index (χ0v) is 12.3. The molecule has 1 aromatic carbocycles. The van der Waals surface area contributed by atoms with E-state index in [1.807, 2.05) is 12.1 Å². The Morgan fingerprint density at radius 2 is 1.90 bits per heavy atom. The van der Waals surface area contributed by atoms with Gasteiger partial charge in [0.05, 0.1) is 6.10 Å². The third-order valence-electron chi connectivity index (χ3n) is 3.66. The lowest BCUT2D eigenvalue weighted by molar-refractivity contribution is -0.132. The second-order valence-corrected chi connectivity index (χ2v) is 5.65. The van der Waals surface area contributed by atoms with Crippen LogP contribution in [0.25, 0.3) is 6.08 Å². The van der Waals surface area contributed by atoms with E-state index in [1.54, 1.807) is 6.08 Å². The molecule has 108 valence electrons. The van der Waals surface area contributed by atoms with Crippen molar-refractivity contribution in [2.24, 2.45) is 0 Å². The van der Waals surface area contributed by atoms with Crippen molar-refractivity contribution in [1.82, 2.24) is 5.48 Å². The molecule has 1 aliphatic carbocycles. The van der Waals surface area contributed by atoms with Gasteiger partial charge in [-0.05, 0) is 36.0 Å². The van der Waals surface area contributed by atoms with E-state index in [1.165, 1.54) is 24.5 Å². The zero-order chi connectivity index (χ0) is 14.4. The molecule has 0 bridgehead atoms. The summed E-state index contributed by atoms with van der Waals surface area (Å²) >= 11 is 0. The summed E-state index contributed by atoms with van der Waals surface area (Å²) < 4.78 is 0. The van der Waals surface area contributed by atoms with Crippen LogP contribution in [-0.2, 0) is 9.63 Å². The van der Waals surface area contributed by atoms with Gasteiger partial charge in [0, 0.05) is 6.08 Å². The Morgan fingerprint density at radius 1 is 1.25 bits per heavy atom. The number of rotatable bonds is 5. The Bertz CT molecular complexity index is 456. The molecule has 20 heavy (non-hydrogen) atoms. The highest BCUT2D eigenvalue weighted by Gasteiger charge is 2.16. The molecule has 0 unspecified atom stereocenters. The SMILES string of the molecule is CC(C)c1ccc(/C=C/C(=O)NOC2CCCC2)cc1. The Hall–Kier alpha value is -1.61. The monoisotopic (exact) mass is 273 g/mol. The van der Waals surface area contributed by atoms with Crippen LogP contribution in [0.3, 0.4) is 0 Å². The number of carbonyl (C=O) groups is 1. The summed E-state index contributed by atoms with van der Waals surface area (Å²) in [6.07, 6.45) is 7.98. The first-order chi connectivity index (χ1) is 9.65. The maximum absolute atomic E-state index is 11.6. The van der Waals surface area contributed by atoms with E-state index in [-0.39, 0.29) is 12.0 Å². The van der Waals surface area contributed by atoms with Gasteiger partial charge in [0.1, 0.15) is 0 Å². The number of hydrogen-bond acceptors (Lipinski definition) is 2. The topological polar surface area (TPSA) is 38.3 Å². The minimum absolute atomic E-state index is 0.192. The molecule has 1 aliphatic rings. The normalized spacial score (nSPS) is 16.1. The molecule has 0 aliphatic heterocycles. The first-order valence-electron chi connectivity index (χ1n) is 7.39. The summed E-state index contributed by atoms with van der Waals surface area (Å²) in [5.41, 5.74) is 4.82. The Balaban J connectivity index is 1.80. The quantitative estimate of drug-likeness (QED) is 0.654. The minimum atomic E-state index is -0.204. The molecule has 1 saturated carbocycles. The van der Waals surface area contributed by atoms with Crippen LogP contribution in [-0.4, -0.2) is 12.0 Å². The van der Waals surface area contributed by atoms with E-state index in [0.29, 0.717) is 5.92 Å². The van der Waals surface area contributed by atoms with Crippen molar-refractivity contribution < 1.29 is 9.63 Å². The van der Waals surface area contributed by atoms with Crippen molar-refractivity contribution in [3.05, 3.63) is 41.5 Å². The van der Waals surface area contributed by atoms with Crippen LogP contribution >= 0.6 is 0 Å². The largest absolute Gasteiger partial charge is 0.270 e. The van der Waals surface area contributed by atoms with E-state index in [9.17, 15) is 4.79 Å². The second-order valence-electron chi connectivity index (χ2n) is 5.65. The first kappa shape index (κ1) is 14.8. The zero-order valence-electron chi connectivity index (χ0n) is 12.3. The molecule has 0 atom stereocenters. The molecule has 1 fully saturated rings. The number of benzene rings is 1. The van der Waals surface area contributed by atoms with Gasteiger partial charge in [-0.1, -0.05) is 51.0 Å². The molecule has 1 amide bonds. The maximum Gasteiger partial charge on any atom is 0.267 e. The van der Waals surface area contributed by atoms with E-state index in [2.05, 4.69) is 31.5 Å². The highest BCUT2D eigenvalue weighted by molar-refractivity contribution is 5.90. The van der Waals surface area contributed by atoms with E-state index in [4.69, 9.17) is 4.84 Å². The minimum Gasteiger partial charge on any atom is -0.270 e. The summed E-state index contributed by atoms with van der Waals surface area (Å²) in [5, 5.41) is 0. The van der Waals surface area contributed by atoms with Gasteiger partial charge in [0.25, 0.3) is 5.91 Å². The predicted octanol–water partition coefficient (Wildman–Crippen LogP) is 3.81. The van der Waals surface area contributed by atoms with Crippen molar-refractivity contribution in [2.45, 2.75) is 51.6 Å². The molecule has 0 saturated heterocycles. The van der Waals surface area contributed by atoms with Crippen molar-refractivity contribution in [3.8, 4) is 0 Å². The smallest absolute Gasteiger partial charge is 0.267 e. The van der Waals surface area contributed by atoms with Gasteiger partial charge in [0.15, 0.2) is 0 Å². The molecule has 1 N–H and O–H groups in total. The van der Waals surface area contributed by atoms with Gasteiger partial charge < -0.3 is 0 Å². The fourth-order valence-corrected chi connectivity index (χ4v) is 2.35. The summed E-state index contributed by atoms with van der Waals surface area (Å²) in [5.74, 6) is 0.320. The summed E-state index contributed by atoms with van der Waals surface area (Å²) in [6.45, 7) is 4.33. The molecule has 1 aromatic rings. The molecule has 0 aromatic heterocycles.